The molecule has 7 aromatic carbocycles. The van der Waals surface area contributed by atoms with E-state index >= 15 is 0 Å². The van der Waals surface area contributed by atoms with Crippen LogP contribution in [-0.2, 0) is 0 Å². The molecule has 0 unspecified atom stereocenters. The summed E-state index contributed by atoms with van der Waals surface area (Å²) in [6, 6.07) is 58.4. The predicted octanol–water partition coefficient (Wildman–Crippen LogP) is 12.8. The Balaban J connectivity index is 1.40. The fourth-order valence-corrected chi connectivity index (χ4v) is 7.74. The molecule has 0 aliphatic heterocycles. The molecule has 2 aromatic heterocycles. The van der Waals surface area contributed by atoms with Crippen LogP contribution < -0.4 is 4.90 Å². The van der Waals surface area contributed by atoms with Crippen LogP contribution in [0.5, 0.6) is 0 Å². The summed E-state index contributed by atoms with van der Waals surface area (Å²) in [7, 11) is 0. The predicted molar refractivity (Wildman–Crippen MR) is 192 cm³/mol. The molecule has 9 rings (SSSR count). The molecule has 0 saturated carbocycles. The van der Waals surface area contributed by atoms with Crippen LogP contribution in [0.3, 0.4) is 0 Å². The standard InChI is InChI=1S/C42H27NOS/c1-3-12-28(13-4-1)29-22-24-31(25-23-29)43(36-18-11-21-39-40(36)35-17-8-10-20-38(35)45-39)41-32(30-14-5-2-6-15-30)26-27-34-33-16-7-9-19-37(33)44-42(34)41/h1-27H. The maximum absolute atomic E-state index is 6.80. The quantitative estimate of drug-likeness (QED) is 0.197. The van der Waals surface area contributed by atoms with Crippen molar-refractivity contribution in [3.63, 3.8) is 0 Å². The molecule has 45 heavy (non-hydrogen) atoms. The lowest BCUT2D eigenvalue weighted by molar-refractivity contribution is 0.669. The van der Waals surface area contributed by atoms with E-state index in [0.29, 0.717) is 0 Å². The number of hydrogen-bond donors (Lipinski definition) is 0. The van der Waals surface area contributed by atoms with Crippen LogP contribution in [0.2, 0.25) is 0 Å². The molecule has 0 saturated heterocycles. The molecule has 2 nitrogen and oxygen atoms in total. The van der Waals surface area contributed by atoms with Gasteiger partial charge in [0.2, 0.25) is 0 Å². The zero-order valence-corrected chi connectivity index (χ0v) is 25.2. The van der Waals surface area contributed by atoms with Crippen LogP contribution in [0.25, 0.3) is 64.4 Å². The minimum absolute atomic E-state index is 0.876. The van der Waals surface area contributed by atoms with Gasteiger partial charge < -0.3 is 9.32 Å². The third-order valence-electron chi connectivity index (χ3n) is 8.68. The summed E-state index contributed by atoms with van der Waals surface area (Å²) >= 11 is 1.84. The van der Waals surface area contributed by atoms with Gasteiger partial charge in [0.05, 0.1) is 11.4 Å². The molecular weight excluding hydrogens is 567 g/mol. The summed E-state index contributed by atoms with van der Waals surface area (Å²) in [5, 5.41) is 4.73. The minimum Gasteiger partial charge on any atom is -0.454 e. The first-order valence-electron chi connectivity index (χ1n) is 15.2. The smallest absolute Gasteiger partial charge is 0.160 e. The zero-order chi connectivity index (χ0) is 29.7. The minimum atomic E-state index is 0.876. The van der Waals surface area contributed by atoms with Crippen molar-refractivity contribution < 1.29 is 4.42 Å². The molecule has 0 spiro atoms. The lowest BCUT2D eigenvalue weighted by Crippen LogP contribution is -2.12. The Morgan fingerprint density at radius 3 is 1.89 bits per heavy atom. The normalized spacial score (nSPS) is 11.6. The van der Waals surface area contributed by atoms with E-state index in [-0.39, 0.29) is 0 Å². The fraction of sp³-hybridized carbons (Fsp3) is 0. The summed E-state index contributed by atoms with van der Waals surface area (Å²) in [6.07, 6.45) is 0. The van der Waals surface area contributed by atoms with Gasteiger partial charge >= 0.3 is 0 Å². The number of para-hydroxylation sites is 1. The number of anilines is 3. The lowest BCUT2D eigenvalue weighted by atomic mass is 9.98. The van der Waals surface area contributed by atoms with Gasteiger partial charge in [-0.2, -0.15) is 0 Å². The van der Waals surface area contributed by atoms with Crippen LogP contribution >= 0.6 is 11.3 Å². The van der Waals surface area contributed by atoms with E-state index in [2.05, 4.69) is 163 Å². The maximum atomic E-state index is 6.80. The average Bonchev–Trinajstić information content (AvgIpc) is 3.69. The van der Waals surface area contributed by atoms with Crippen molar-refractivity contribution >= 4 is 70.5 Å². The molecule has 212 valence electrons. The highest BCUT2D eigenvalue weighted by atomic mass is 32.1. The highest BCUT2D eigenvalue weighted by molar-refractivity contribution is 7.26. The Morgan fingerprint density at radius 2 is 1.09 bits per heavy atom. The Hall–Kier alpha value is -5.64. The van der Waals surface area contributed by atoms with Crippen LogP contribution in [0, 0.1) is 0 Å². The molecule has 0 aliphatic rings. The molecule has 9 aromatic rings. The third-order valence-corrected chi connectivity index (χ3v) is 9.82. The topological polar surface area (TPSA) is 16.4 Å². The molecule has 0 amide bonds. The first-order chi connectivity index (χ1) is 22.3. The number of furan rings is 1. The first-order valence-corrected chi connectivity index (χ1v) is 16.0. The van der Waals surface area contributed by atoms with E-state index in [9.17, 15) is 0 Å². The summed E-state index contributed by atoms with van der Waals surface area (Å²) in [5.74, 6) is 0. The van der Waals surface area contributed by atoms with Gasteiger partial charge in [-0.05, 0) is 59.2 Å². The molecular formula is C42H27NOS. The van der Waals surface area contributed by atoms with Crippen LogP contribution in [0.1, 0.15) is 0 Å². The molecule has 2 heterocycles. The van der Waals surface area contributed by atoms with Gasteiger partial charge in [-0.3, -0.25) is 0 Å². The van der Waals surface area contributed by atoms with E-state index in [1.165, 1.54) is 31.3 Å². The molecule has 0 aliphatic carbocycles. The van der Waals surface area contributed by atoms with Gasteiger partial charge in [0.1, 0.15) is 5.58 Å². The number of thiophene rings is 1. The van der Waals surface area contributed by atoms with Gasteiger partial charge in [0, 0.05) is 42.2 Å². The fourth-order valence-electron chi connectivity index (χ4n) is 6.61. The number of fused-ring (bicyclic) bond motifs is 6. The number of benzene rings is 7. The number of hydrogen-bond acceptors (Lipinski definition) is 3. The van der Waals surface area contributed by atoms with Gasteiger partial charge in [-0.1, -0.05) is 121 Å². The average molecular weight is 594 g/mol. The van der Waals surface area contributed by atoms with Crippen molar-refractivity contribution in [3.8, 4) is 22.3 Å². The summed E-state index contributed by atoms with van der Waals surface area (Å²) in [6.45, 7) is 0. The largest absolute Gasteiger partial charge is 0.454 e. The van der Waals surface area contributed by atoms with E-state index in [1.807, 2.05) is 17.4 Å². The van der Waals surface area contributed by atoms with Crippen molar-refractivity contribution in [2.45, 2.75) is 0 Å². The molecule has 3 heteroatoms. The molecule has 0 N–H and O–H groups in total. The second kappa shape index (κ2) is 10.5. The molecule has 0 atom stereocenters. The summed E-state index contributed by atoms with van der Waals surface area (Å²) in [4.78, 5) is 2.42. The van der Waals surface area contributed by atoms with Crippen molar-refractivity contribution in [1.82, 2.24) is 0 Å². The van der Waals surface area contributed by atoms with Crippen molar-refractivity contribution in [3.05, 3.63) is 164 Å². The monoisotopic (exact) mass is 593 g/mol. The third kappa shape index (κ3) is 4.24. The highest BCUT2D eigenvalue weighted by Crippen LogP contribution is 2.50. The molecule has 0 radical (unpaired) electrons. The van der Waals surface area contributed by atoms with Crippen LogP contribution in [0.15, 0.2) is 168 Å². The maximum Gasteiger partial charge on any atom is 0.160 e. The van der Waals surface area contributed by atoms with Gasteiger partial charge in [-0.15, -0.1) is 11.3 Å². The summed E-state index contributed by atoms with van der Waals surface area (Å²) < 4.78 is 9.35. The van der Waals surface area contributed by atoms with Crippen molar-refractivity contribution in [2.24, 2.45) is 0 Å². The Bertz CT molecular complexity index is 2470. The van der Waals surface area contributed by atoms with Gasteiger partial charge in [0.15, 0.2) is 5.58 Å². The van der Waals surface area contributed by atoms with E-state index in [0.717, 1.165) is 50.1 Å². The number of rotatable bonds is 5. The van der Waals surface area contributed by atoms with E-state index < -0.39 is 0 Å². The Morgan fingerprint density at radius 1 is 0.444 bits per heavy atom. The Labute approximate surface area is 265 Å². The molecule has 0 bridgehead atoms. The van der Waals surface area contributed by atoms with E-state index in [1.54, 1.807) is 0 Å². The van der Waals surface area contributed by atoms with E-state index in [4.69, 9.17) is 4.42 Å². The lowest BCUT2D eigenvalue weighted by Gasteiger charge is -2.29. The second-order valence-electron chi connectivity index (χ2n) is 11.3. The molecule has 0 fully saturated rings. The van der Waals surface area contributed by atoms with Crippen molar-refractivity contribution in [1.29, 1.82) is 0 Å². The SMILES string of the molecule is c1ccc(-c2ccc(N(c3c(-c4ccccc4)ccc4c3oc3ccccc34)c3cccc4sc5ccccc5c34)cc2)cc1. The second-order valence-corrected chi connectivity index (χ2v) is 12.4. The van der Waals surface area contributed by atoms with Gasteiger partial charge in [-0.25, -0.2) is 0 Å². The van der Waals surface area contributed by atoms with Crippen molar-refractivity contribution in [2.75, 3.05) is 4.90 Å². The number of nitrogens with zero attached hydrogens (tertiary/aromatic N) is 1. The first kappa shape index (κ1) is 25.8. The zero-order valence-electron chi connectivity index (χ0n) is 24.4. The summed E-state index contributed by atoms with van der Waals surface area (Å²) in [5.41, 5.74) is 9.64. The van der Waals surface area contributed by atoms with Crippen LogP contribution in [0.4, 0.5) is 17.1 Å². The van der Waals surface area contributed by atoms with Gasteiger partial charge in [0.25, 0.3) is 0 Å². The Kier molecular flexibility index (Phi) is 6.03. The highest BCUT2D eigenvalue weighted by Gasteiger charge is 2.26. The van der Waals surface area contributed by atoms with Crippen LogP contribution in [-0.4, -0.2) is 0 Å².